The Hall–Kier alpha value is -1.15. The molecule has 1 saturated heterocycles. The van der Waals surface area contributed by atoms with Crippen LogP contribution in [0.3, 0.4) is 0 Å². The highest BCUT2D eigenvalue weighted by Crippen LogP contribution is 2.27. The minimum absolute atomic E-state index is 0.0840. The van der Waals surface area contributed by atoms with E-state index >= 15 is 0 Å². The fourth-order valence-corrected chi connectivity index (χ4v) is 2.13. The Morgan fingerprint density at radius 3 is 2.67 bits per heavy atom. The summed E-state index contributed by atoms with van der Waals surface area (Å²) in [6.07, 6.45) is 3.74. The van der Waals surface area contributed by atoms with E-state index in [1.807, 2.05) is 12.1 Å². The molecule has 1 N–H and O–H groups in total. The van der Waals surface area contributed by atoms with E-state index in [1.54, 1.807) is 12.1 Å². The van der Waals surface area contributed by atoms with Gasteiger partial charge in [0.2, 0.25) is 0 Å². The lowest BCUT2D eigenvalue weighted by Gasteiger charge is -2.23. The van der Waals surface area contributed by atoms with Gasteiger partial charge >= 0.3 is 0 Å². The molecule has 1 heterocycles. The molecule has 1 aromatic carbocycles. The number of hydrogen-bond acceptors (Lipinski definition) is 1. The van der Waals surface area contributed by atoms with Crippen molar-refractivity contribution < 1.29 is 4.39 Å². The van der Waals surface area contributed by atoms with Crippen LogP contribution >= 0.6 is 0 Å². The number of nitrogens with one attached hydrogen (secondary N) is 1. The van der Waals surface area contributed by atoms with Gasteiger partial charge in [-0.15, -0.1) is 0 Å². The Morgan fingerprint density at radius 2 is 2.07 bits per heavy atom. The SMILES string of the molecule is C=Cc1ccc(C2CCNCC2)c(F)c1. The molecule has 2 heteroatoms. The largest absolute Gasteiger partial charge is 0.317 e. The van der Waals surface area contributed by atoms with E-state index in [-0.39, 0.29) is 5.82 Å². The van der Waals surface area contributed by atoms with Crippen molar-refractivity contribution in [2.45, 2.75) is 18.8 Å². The molecular formula is C13H16FN. The van der Waals surface area contributed by atoms with Crippen molar-refractivity contribution in [3.8, 4) is 0 Å². The summed E-state index contributed by atoms with van der Waals surface area (Å²) < 4.78 is 13.8. The average molecular weight is 205 g/mol. The van der Waals surface area contributed by atoms with Gasteiger partial charge in [0.1, 0.15) is 5.82 Å². The molecule has 0 aromatic heterocycles. The predicted octanol–water partition coefficient (Wildman–Crippen LogP) is 2.94. The van der Waals surface area contributed by atoms with E-state index in [4.69, 9.17) is 0 Å². The van der Waals surface area contributed by atoms with E-state index in [1.165, 1.54) is 0 Å². The number of rotatable bonds is 2. The lowest BCUT2D eigenvalue weighted by molar-refractivity contribution is 0.445. The van der Waals surface area contributed by atoms with Crippen molar-refractivity contribution >= 4 is 6.08 Å². The molecule has 15 heavy (non-hydrogen) atoms. The summed E-state index contributed by atoms with van der Waals surface area (Å²) in [5.41, 5.74) is 1.72. The van der Waals surface area contributed by atoms with Crippen LogP contribution in [0.5, 0.6) is 0 Å². The molecule has 2 rings (SSSR count). The maximum atomic E-state index is 13.8. The quantitative estimate of drug-likeness (QED) is 0.782. The van der Waals surface area contributed by atoms with Gasteiger partial charge in [-0.25, -0.2) is 4.39 Å². The second-order valence-electron chi connectivity index (χ2n) is 4.01. The van der Waals surface area contributed by atoms with Crippen molar-refractivity contribution in [2.75, 3.05) is 13.1 Å². The lowest BCUT2D eigenvalue weighted by atomic mass is 9.89. The van der Waals surface area contributed by atoms with E-state index in [0.29, 0.717) is 5.92 Å². The molecule has 1 aliphatic heterocycles. The summed E-state index contributed by atoms with van der Waals surface area (Å²) in [5.74, 6) is 0.296. The van der Waals surface area contributed by atoms with Crippen molar-refractivity contribution in [2.24, 2.45) is 0 Å². The van der Waals surface area contributed by atoms with Gasteiger partial charge < -0.3 is 5.32 Å². The van der Waals surface area contributed by atoms with E-state index in [0.717, 1.165) is 37.1 Å². The molecule has 0 atom stereocenters. The van der Waals surface area contributed by atoms with E-state index in [9.17, 15) is 4.39 Å². The zero-order chi connectivity index (χ0) is 10.7. The molecule has 0 aliphatic carbocycles. The predicted molar refractivity (Wildman–Crippen MR) is 61.3 cm³/mol. The Balaban J connectivity index is 2.23. The van der Waals surface area contributed by atoms with E-state index in [2.05, 4.69) is 11.9 Å². The highest BCUT2D eigenvalue weighted by atomic mass is 19.1. The summed E-state index contributed by atoms with van der Waals surface area (Å²) in [4.78, 5) is 0. The third kappa shape index (κ3) is 2.26. The van der Waals surface area contributed by atoms with Crippen molar-refractivity contribution in [1.82, 2.24) is 5.32 Å². The first-order valence-electron chi connectivity index (χ1n) is 5.44. The first-order chi connectivity index (χ1) is 7.31. The standard InChI is InChI=1S/C13H16FN/c1-2-10-3-4-12(13(14)9-10)11-5-7-15-8-6-11/h2-4,9,11,15H,1,5-8H2. The Kier molecular flexibility index (Phi) is 3.17. The fraction of sp³-hybridized carbons (Fsp3) is 0.385. The molecule has 0 amide bonds. The zero-order valence-corrected chi connectivity index (χ0v) is 8.80. The van der Waals surface area contributed by atoms with Gasteiger partial charge in [0.05, 0.1) is 0 Å². The number of hydrogen-bond donors (Lipinski definition) is 1. The zero-order valence-electron chi connectivity index (χ0n) is 8.80. The lowest BCUT2D eigenvalue weighted by Crippen LogP contribution is -2.27. The molecule has 80 valence electrons. The monoisotopic (exact) mass is 205 g/mol. The summed E-state index contributed by atoms with van der Waals surface area (Å²) in [6, 6.07) is 5.42. The second-order valence-corrected chi connectivity index (χ2v) is 4.01. The first kappa shape index (κ1) is 10.4. The Morgan fingerprint density at radius 1 is 1.33 bits per heavy atom. The van der Waals surface area contributed by atoms with Gasteiger partial charge in [0.15, 0.2) is 0 Å². The third-order valence-corrected chi connectivity index (χ3v) is 3.04. The number of piperidine rings is 1. The minimum atomic E-state index is -0.0840. The van der Waals surface area contributed by atoms with E-state index < -0.39 is 0 Å². The van der Waals surface area contributed by atoms with Gasteiger partial charge in [0, 0.05) is 0 Å². The van der Waals surface area contributed by atoms with Gasteiger partial charge in [-0.05, 0) is 49.0 Å². The van der Waals surface area contributed by atoms with Crippen LogP contribution in [-0.4, -0.2) is 13.1 Å². The van der Waals surface area contributed by atoms with Crippen molar-refractivity contribution in [3.63, 3.8) is 0 Å². The maximum absolute atomic E-state index is 13.8. The van der Waals surface area contributed by atoms with Crippen LogP contribution in [0.2, 0.25) is 0 Å². The van der Waals surface area contributed by atoms with Crippen molar-refractivity contribution in [1.29, 1.82) is 0 Å². The van der Waals surface area contributed by atoms with Crippen LogP contribution in [0.1, 0.15) is 29.9 Å². The molecule has 1 fully saturated rings. The Labute approximate surface area is 90.0 Å². The molecule has 1 aromatic rings. The second kappa shape index (κ2) is 4.58. The molecule has 0 spiro atoms. The maximum Gasteiger partial charge on any atom is 0.127 e. The van der Waals surface area contributed by atoms with Gasteiger partial charge in [0.25, 0.3) is 0 Å². The molecule has 1 nitrogen and oxygen atoms in total. The van der Waals surface area contributed by atoms with Crippen LogP contribution in [0, 0.1) is 5.82 Å². The van der Waals surface area contributed by atoms with Crippen LogP contribution in [0.25, 0.3) is 6.08 Å². The normalized spacial score (nSPS) is 17.7. The van der Waals surface area contributed by atoms with Crippen LogP contribution in [-0.2, 0) is 0 Å². The fourth-order valence-electron chi connectivity index (χ4n) is 2.13. The number of benzene rings is 1. The van der Waals surface area contributed by atoms with Gasteiger partial charge in [-0.3, -0.25) is 0 Å². The van der Waals surface area contributed by atoms with Crippen LogP contribution < -0.4 is 5.32 Å². The third-order valence-electron chi connectivity index (χ3n) is 3.04. The topological polar surface area (TPSA) is 12.0 Å². The number of halogens is 1. The summed E-state index contributed by atoms with van der Waals surface area (Å²) >= 11 is 0. The molecule has 0 radical (unpaired) electrons. The van der Waals surface area contributed by atoms with Gasteiger partial charge in [-0.2, -0.15) is 0 Å². The molecule has 0 saturated carbocycles. The molecular weight excluding hydrogens is 189 g/mol. The average Bonchev–Trinajstić information content (AvgIpc) is 2.30. The van der Waals surface area contributed by atoms with Crippen LogP contribution in [0.15, 0.2) is 24.8 Å². The highest BCUT2D eigenvalue weighted by Gasteiger charge is 2.18. The molecule has 1 aliphatic rings. The Bertz CT molecular complexity index is 354. The highest BCUT2D eigenvalue weighted by molar-refractivity contribution is 5.48. The molecule has 0 bridgehead atoms. The molecule has 0 unspecified atom stereocenters. The summed E-state index contributed by atoms with van der Waals surface area (Å²) in [6.45, 7) is 5.62. The van der Waals surface area contributed by atoms with Crippen LogP contribution in [0.4, 0.5) is 4.39 Å². The van der Waals surface area contributed by atoms with Gasteiger partial charge in [-0.1, -0.05) is 24.8 Å². The summed E-state index contributed by atoms with van der Waals surface area (Å²) in [5, 5.41) is 3.29. The first-order valence-corrected chi connectivity index (χ1v) is 5.44. The smallest absolute Gasteiger partial charge is 0.127 e. The van der Waals surface area contributed by atoms with Crippen molar-refractivity contribution in [3.05, 3.63) is 41.7 Å². The minimum Gasteiger partial charge on any atom is -0.317 e. The summed E-state index contributed by atoms with van der Waals surface area (Å²) in [7, 11) is 0.